The van der Waals surface area contributed by atoms with E-state index in [0.717, 1.165) is 31.6 Å². The molecule has 2 fully saturated rings. The number of rotatable bonds is 1. The summed E-state index contributed by atoms with van der Waals surface area (Å²) in [5.41, 5.74) is 3.28. The Morgan fingerprint density at radius 3 is 2.89 bits per heavy atom. The van der Waals surface area contributed by atoms with Crippen LogP contribution in [0.15, 0.2) is 18.2 Å². The molecule has 3 nitrogen and oxygen atoms in total. The van der Waals surface area contributed by atoms with Crippen LogP contribution in [0.25, 0.3) is 0 Å². The van der Waals surface area contributed by atoms with E-state index in [1.165, 1.54) is 11.1 Å². The zero-order valence-corrected chi connectivity index (χ0v) is 11.1. The van der Waals surface area contributed by atoms with Crippen LogP contribution in [0.5, 0.6) is 0 Å². The summed E-state index contributed by atoms with van der Waals surface area (Å²) >= 11 is 0. The predicted molar refractivity (Wildman–Crippen MR) is 71.7 cm³/mol. The average molecular weight is 244 g/mol. The fourth-order valence-corrected chi connectivity index (χ4v) is 3.14. The van der Waals surface area contributed by atoms with E-state index in [1.807, 2.05) is 18.2 Å². The summed E-state index contributed by atoms with van der Waals surface area (Å²) in [5.74, 6) is 0.870. The number of nitrogens with one attached hydrogen (secondary N) is 1. The van der Waals surface area contributed by atoms with Crippen LogP contribution in [0.2, 0.25) is 0 Å². The second kappa shape index (κ2) is 4.39. The van der Waals surface area contributed by atoms with Gasteiger partial charge in [-0.3, -0.25) is 4.79 Å². The van der Waals surface area contributed by atoms with E-state index < -0.39 is 0 Å². The summed E-state index contributed by atoms with van der Waals surface area (Å²) in [4.78, 5) is 14.6. The van der Waals surface area contributed by atoms with Gasteiger partial charge in [0.05, 0.1) is 0 Å². The predicted octanol–water partition coefficient (Wildman–Crippen LogP) is 1.74. The molecule has 0 aliphatic carbocycles. The lowest BCUT2D eigenvalue weighted by Crippen LogP contribution is -2.39. The molecule has 0 aromatic heterocycles. The molecule has 1 amide bonds. The zero-order chi connectivity index (χ0) is 12.7. The molecule has 0 saturated carbocycles. The lowest BCUT2D eigenvalue weighted by molar-refractivity contribution is 0.0737. The maximum atomic E-state index is 12.6. The van der Waals surface area contributed by atoms with Crippen molar-refractivity contribution in [2.24, 2.45) is 5.92 Å². The van der Waals surface area contributed by atoms with Gasteiger partial charge in [-0.25, -0.2) is 0 Å². The standard InChI is InChI=1S/C15H20N2O/c1-10-3-4-12(7-11(10)2)15(18)17-6-5-13-8-16-9-14(13)17/h3-4,7,13-14,16H,5-6,8-9H2,1-2H3/t13-,14+/m0/s1. The molecule has 18 heavy (non-hydrogen) atoms. The lowest BCUT2D eigenvalue weighted by atomic mass is 10.0. The highest BCUT2D eigenvalue weighted by Crippen LogP contribution is 2.28. The van der Waals surface area contributed by atoms with Crippen molar-refractivity contribution < 1.29 is 4.79 Å². The van der Waals surface area contributed by atoms with Gasteiger partial charge in [0.2, 0.25) is 0 Å². The fourth-order valence-electron chi connectivity index (χ4n) is 3.14. The summed E-state index contributed by atoms with van der Waals surface area (Å²) < 4.78 is 0. The number of likely N-dealkylation sites (tertiary alicyclic amines) is 1. The van der Waals surface area contributed by atoms with Crippen LogP contribution < -0.4 is 5.32 Å². The van der Waals surface area contributed by atoms with Gasteiger partial charge in [0.25, 0.3) is 5.91 Å². The third-order valence-corrected chi connectivity index (χ3v) is 4.46. The van der Waals surface area contributed by atoms with Gasteiger partial charge in [0.1, 0.15) is 0 Å². The van der Waals surface area contributed by atoms with Gasteiger partial charge in [0, 0.05) is 31.2 Å². The summed E-state index contributed by atoms with van der Waals surface area (Å²) in [5, 5.41) is 3.39. The Labute approximate surface area is 108 Å². The second-order valence-electron chi connectivity index (χ2n) is 5.57. The molecule has 1 N–H and O–H groups in total. The molecule has 0 bridgehead atoms. The maximum absolute atomic E-state index is 12.6. The Kier molecular flexibility index (Phi) is 2.86. The monoisotopic (exact) mass is 244 g/mol. The van der Waals surface area contributed by atoms with Gasteiger partial charge in [-0.1, -0.05) is 6.07 Å². The lowest BCUT2D eigenvalue weighted by Gasteiger charge is -2.23. The van der Waals surface area contributed by atoms with Gasteiger partial charge < -0.3 is 10.2 Å². The van der Waals surface area contributed by atoms with Gasteiger partial charge in [-0.15, -0.1) is 0 Å². The van der Waals surface area contributed by atoms with Crippen LogP contribution in [0.3, 0.4) is 0 Å². The largest absolute Gasteiger partial charge is 0.334 e. The first-order valence-corrected chi connectivity index (χ1v) is 6.76. The number of hydrogen-bond donors (Lipinski definition) is 1. The minimum absolute atomic E-state index is 0.203. The number of fused-ring (bicyclic) bond motifs is 1. The van der Waals surface area contributed by atoms with Crippen LogP contribution >= 0.6 is 0 Å². The molecule has 2 heterocycles. The molecule has 0 spiro atoms. The van der Waals surface area contributed by atoms with Crippen LogP contribution in [0.1, 0.15) is 27.9 Å². The highest BCUT2D eigenvalue weighted by molar-refractivity contribution is 5.95. The van der Waals surface area contributed by atoms with Gasteiger partial charge in [-0.2, -0.15) is 0 Å². The molecule has 3 heteroatoms. The number of aryl methyl sites for hydroxylation is 2. The Balaban J connectivity index is 1.84. The summed E-state index contributed by atoms with van der Waals surface area (Å²) in [7, 11) is 0. The molecule has 2 atom stereocenters. The van der Waals surface area contributed by atoms with E-state index in [-0.39, 0.29) is 5.91 Å². The molecule has 0 radical (unpaired) electrons. The zero-order valence-electron chi connectivity index (χ0n) is 11.1. The number of benzene rings is 1. The van der Waals surface area contributed by atoms with Crippen molar-refractivity contribution in [2.45, 2.75) is 26.3 Å². The first kappa shape index (κ1) is 11.7. The fraction of sp³-hybridized carbons (Fsp3) is 0.533. The second-order valence-corrected chi connectivity index (χ2v) is 5.57. The number of hydrogen-bond acceptors (Lipinski definition) is 2. The molecule has 1 aromatic carbocycles. The first-order valence-electron chi connectivity index (χ1n) is 6.76. The van der Waals surface area contributed by atoms with Gasteiger partial charge in [0.15, 0.2) is 0 Å². The van der Waals surface area contributed by atoms with Crippen molar-refractivity contribution >= 4 is 5.91 Å². The molecular formula is C15H20N2O. The quantitative estimate of drug-likeness (QED) is 0.816. The van der Waals surface area contributed by atoms with Gasteiger partial charge in [-0.05, 0) is 49.4 Å². The van der Waals surface area contributed by atoms with Crippen LogP contribution in [-0.4, -0.2) is 36.5 Å². The number of carbonyl (C=O) groups excluding carboxylic acids is 1. The van der Waals surface area contributed by atoms with Crippen molar-refractivity contribution in [1.82, 2.24) is 10.2 Å². The molecule has 96 valence electrons. The molecule has 1 aromatic rings. The summed E-state index contributed by atoms with van der Waals surface area (Å²) in [6.45, 7) is 7.10. The Hall–Kier alpha value is -1.35. The smallest absolute Gasteiger partial charge is 0.254 e. The minimum atomic E-state index is 0.203. The third-order valence-electron chi connectivity index (χ3n) is 4.46. The molecule has 3 rings (SSSR count). The summed E-state index contributed by atoms with van der Waals surface area (Å²) in [6.07, 6.45) is 1.15. The Morgan fingerprint density at radius 2 is 2.11 bits per heavy atom. The topological polar surface area (TPSA) is 32.3 Å². The number of amides is 1. The molecule has 2 saturated heterocycles. The SMILES string of the molecule is Cc1ccc(C(=O)N2CC[C@H]3CNC[C@H]32)cc1C. The van der Waals surface area contributed by atoms with Crippen LogP contribution in [-0.2, 0) is 0 Å². The molecule has 2 aliphatic rings. The van der Waals surface area contributed by atoms with Crippen molar-refractivity contribution in [1.29, 1.82) is 0 Å². The number of nitrogens with zero attached hydrogens (tertiary/aromatic N) is 1. The van der Waals surface area contributed by atoms with Crippen molar-refractivity contribution in [3.63, 3.8) is 0 Å². The molecule has 2 aliphatic heterocycles. The Morgan fingerprint density at radius 1 is 1.28 bits per heavy atom. The van der Waals surface area contributed by atoms with E-state index in [1.54, 1.807) is 0 Å². The van der Waals surface area contributed by atoms with Crippen LogP contribution in [0.4, 0.5) is 0 Å². The van der Waals surface area contributed by atoms with Crippen molar-refractivity contribution in [2.75, 3.05) is 19.6 Å². The highest BCUT2D eigenvalue weighted by Gasteiger charge is 2.39. The van der Waals surface area contributed by atoms with Gasteiger partial charge >= 0.3 is 0 Å². The van der Waals surface area contributed by atoms with E-state index >= 15 is 0 Å². The normalized spacial score (nSPS) is 26.4. The molecule has 0 unspecified atom stereocenters. The maximum Gasteiger partial charge on any atom is 0.254 e. The Bertz CT molecular complexity index is 483. The van der Waals surface area contributed by atoms with E-state index in [2.05, 4.69) is 24.1 Å². The van der Waals surface area contributed by atoms with E-state index in [0.29, 0.717) is 12.0 Å². The van der Waals surface area contributed by atoms with Crippen molar-refractivity contribution in [3.8, 4) is 0 Å². The van der Waals surface area contributed by atoms with Crippen LogP contribution in [0, 0.1) is 19.8 Å². The van der Waals surface area contributed by atoms with E-state index in [9.17, 15) is 4.79 Å². The average Bonchev–Trinajstić information content (AvgIpc) is 2.93. The van der Waals surface area contributed by atoms with E-state index in [4.69, 9.17) is 0 Å². The molecular weight excluding hydrogens is 224 g/mol. The third kappa shape index (κ3) is 1.83. The highest BCUT2D eigenvalue weighted by atomic mass is 16.2. The minimum Gasteiger partial charge on any atom is -0.334 e. The number of carbonyl (C=O) groups is 1. The van der Waals surface area contributed by atoms with Crippen molar-refractivity contribution in [3.05, 3.63) is 34.9 Å². The first-order chi connectivity index (χ1) is 8.66. The summed E-state index contributed by atoms with van der Waals surface area (Å²) in [6, 6.07) is 6.44.